The van der Waals surface area contributed by atoms with Crippen molar-refractivity contribution in [2.45, 2.75) is 37.1 Å². The van der Waals surface area contributed by atoms with Crippen molar-refractivity contribution in [1.29, 1.82) is 0 Å². The number of hydrogen-bond acceptors (Lipinski definition) is 1. The van der Waals surface area contributed by atoms with Gasteiger partial charge in [-0.3, -0.25) is 0 Å². The highest BCUT2D eigenvalue weighted by Gasteiger charge is 2.21. The van der Waals surface area contributed by atoms with Gasteiger partial charge in [-0.1, -0.05) is 40.2 Å². The number of halogens is 1. The molecule has 1 aliphatic carbocycles. The molecule has 6 heteroatoms. The number of fused-ring (bicyclic) bond motifs is 3. The van der Waals surface area contributed by atoms with Crippen molar-refractivity contribution in [2.24, 2.45) is 22.1 Å². The third-order valence-corrected chi connectivity index (χ3v) is 6.32. The molecular formula is C20H21BrN5-. The van der Waals surface area contributed by atoms with Crippen LogP contribution in [-0.4, -0.2) is 15.2 Å². The second-order valence-electron chi connectivity index (χ2n) is 7.02. The van der Waals surface area contributed by atoms with E-state index in [1.165, 1.54) is 42.1 Å². The molecule has 1 fully saturated rings. The van der Waals surface area contributed by atoms with Crippen LogP contribution < -0.4 is 5.84 Å². The smallest absolute Gasteiger partial charge is 0.0491 e. The van der Waals surface area contributed by atoms with Gasteiger partial charge in [0.25, 0.3) is 0 Å². The lowest BCUT2D eigenvalue weighted by Gasteiger charge is -2.26. The molecule has 0 atom stereocenters. The minimum atomic E-state index is -0.165. The summed E-state index contributed by atoms with van der Waals surface area (Å²) in [5.41, 5.74) is 3.04. The van der Waals surface area contributed by atoms with E-state index in [2.05, 4.69) is 61.2 Å². The van der Waals surface area contributed by atoms with Gasteiger partial charge in [0, 0.05) is 33.2 Å². The molecule has 2 aromatic carbocycles. The third kappa shape index (κ3) is 3.14. The molecule has 134 valence electrons. The first-order valence-electron chi connectivity index (χ1n) is 8.99. The second-order valence-corrected chi connectivity index (χ2v) is 8.31. The molecule has 0 bridgehead atoms. The summed E-state index contributed by atoms with van der Waals surface area (Å²) in [6.07, 6.45) is 5.01. The Morgan fingerprint density at radius 2 is 1.81 bits per heavy atom. The van der Waals surface area contributed by atoms with Gasteiger partial charge in [0.05, 0.1) is 0 Å². The highest BCUT2D eigenvalue weighted by atomic mass is 79.9. The Bertz CT molecular complexity index is 982. The van der Waals surface area contributed by atoms with Crippen molar-refractivity contribution >= 4 is 43.6 Å². The zero-order valence-electron chi connectivity index (χ0n) is 14.5. The van der Waals surface area contributed by atoms with E-state index in [9.17, 15) is 5.41 Å². The van der Waals surface area contributed by atoms with E-state index < -0.39 is 0 Å². The maximum atomic E-state index is 10.0. The van der Waals surface area contributed by atoms with Gasteiger partial charge >= 0.3 is 0 Å². The van der Waals surface area contributed by atoms with Gasteiger partial charge < -0.3 is 20.9 Å². The number of nitrogens with zero attached hydrogens (tertiary/aromatic N) is 4. The number of alkyl halides is 1. The Morgan fingerprint density at radius 3 is 2.58 bits per heavy atom. The molecule has 1 heterocycles. The Balaban J connectivity index is 1.79. The SMILES string of the molecule is [N-]=C(N=NN)c1ccc2c(c1)c1ccccc1n2CC1CCC(Br)CC1. The quantitative estimate of drug-likeness (QED) is 0.154. The number of benzene rings is 2. The van der Waals surface area contributed by atoms with Crippen molar-refractivity contribution in [3.63, 3.8) is 0 Å². The fourth-order valence-corrected chi connectivity index (χ4v) is 4.59. The van der Waals surface area contributed by atoms with Crippen LogP contribution in [0.1, 0.15) is 31.2 Å². The minimum Gasteiger partial charge on any atom is -0.463 e. The number of amidine groups is 1. The lowest BCUT2D eigenvalue weighted by atomic mass is 9.89. The molecule has 0 radical (unpaired) electrons. The number of nitrogens with two attached hydrogens (primary N) is 1. The van der Waals surface area contributed by atoms with Crippen LogP contribution >= 0.6 is 15.9 Å². The molecule has 1 aliphatic rings. The topological polar surface area (TPSA) is 78.0 Å². The highest BCUT2D eigenvalue weighted by molar-refractivity contribution is 9.09. The molecule has 2 N–H and O–H groups in total. The van der Waals surface area contributed by atoms with Crippen molar-refractivity contribution in [2.75, 3.05) is 0 Å². The summed E-state index contributed by atoms with van der Waals surface area (Å²) in [5, 5.41) is 19.0. The number of para-hydroxylation sites is 1. The zero-order chi connectivity index (χ0) is 18.1. The Hall–Kier alpha value is -2.21. The molecule has 3 aromatic rings. The molecular weight excluding hydrogens is 390 g/mol. The lowest BCUT2D eigenvalue weighted by Crippen LogP contribution is -2.18. The number of hydrogen-bond donors (Lipinski definition) is 1. The van der Waals surface area contributed by atoms with E-state index in [4.69, 9.17) is 5.84 Å². The molecule has 0 spiro atoms. The first-order valence-corrected chi connectivity index (χ1v) is 9.91. The summed E-state index contributed by atoms with van der Waals surface area (Å²) in [5.74, 6) is 5.60. The van der Waals surface area contributed by atoms with Crippen LogP contribution in [0.2, 0.25) is 0 Å². The highest BCUT2D eigenvalue weighted by Crippen LogP contribution is 2.34. The first kappa shape index (κ1) is 17.2. The fourth-order valence-electron chi connectivity index (χ4n) is 4.06. The van der Waals surface area contributed by atoms with Gasteiger partial charge in [-0.2, -0.15) is 5.22 Å². The zero-order valence-corrected chi connectivity index (χ0v) is 16.1. The maximum absolute atomic E-state index is 10.0. The van der Waals surface area contributed by atoms with Crippen LogP contribution in [0.4, 0.5) is 0 Å². The summed E-state index contributed by atoms with van der Waals surface area (Å²) in [6.45, 7) is 1.03. The standard InChI is InChI=1S/C20H21BrN5/c21-15-8-5-13(6-9-15)12-26-18-4-2-1-3-16(18)17-11-14(7-10-19(17)26)20(22)24-25-23/h1-4,7,10-11,13,15H,5-6,8-9,12H2,(H2-,22,23,24)/q-1. The van der Waals surface area contributed by atoms with Gasteiger partial charge in [-0.15, -0.1) is 0 Å². The summed E-state index contributed by atoms with van der Waals surface area (Å²) in [4.78, 5) is 0.676. The van der Waals surface area contributed by atoms with E-state index in [1.54, 1.807) is 0 Å². The van der Waals surface area contributed by atoms with E-state index in [1.807, 2.05) is 12.1 Å². The molecule has 1 aromatic heterocycles. The molecule has 0 amide bonds. The average Bonchev–Trinajstić information content (AvgIpc) is 2.97. The molecule has 26 heavy (non-hydrogen) atoms. The maximum Gasteiger partial charge on any atom is 0.0491 e. The average molecular weight is 411 g/mol. The number of rotatable bonds is 3. The molecule has 0 aliphatic heterocycles. The van der Waals surface area contributed by atoms with Crippen LogP contribution in [0.5, 0.6) is 0 Å². The van der Waals surface area contributed by atoms with Crippen LogP contribution in [0.15, 0.2) is 52.8 Å². The normalized spacial score (nSPS) is 21.0. The third-order valence-electron chi connectivity index (χ3n) is 5.40. The Kier molecular flexibility index (Phi) is 4.76. The van der Waals surface area contributed by atoms with E-state index in [0.29, 0.717) is 16.3 Å². The molecule has 0 saturated heterocycles. The largest absolute Gasteiger partial charge is 0.463 e. The summed E-state index contributed by atoms with van der Waals surface area (Å²) >= 11 is 3.75. The predicted octanol–water partition coefficient (Wildman–Crippen LogP) is 5.39. The summed E-state index contributed by atoms with van der Waals surface area (Å²) in [6, 6.07) is 14.3. The van der Waals surface area contributed by atoms with Crippen LogP contribution in [0.25, 0.3) is 27.2 Å². The minimum absolute atomic E-state index is 0.165. The van der Waals surface area contributed by atoms with Gasteiger partial charge in [-0.05, 0) is 61.2 Å². The molecule has 4 rings (SSSR count). The van der Waals surface area contributed by atoms with E-state index in [0.717, 1.165) is 11.9 Å². The fraction of sp³-hybridized carbons (Fsp3) is 0.350. The monoisotopic (exact) mass is 410 g/mol. The van der Waals surface area contributed by atoms with Crippen LogP contribution in [-0.2, 0) is 6.54 Å². The van der Waals surface area contributed by atoms with E-state index >= 15 is 0 Å². The van der Waals surface area contributed by atoms with Gasteiger partial charge in [0.2, 0.25) is 0 Å². The molecule has 5 nitrogen and oxygen atoms in total. The molecule has 1 saturated carbocycles. The Labute approximate surface area is 160 Å². The first-order chi connectivity index (χ1) is 12.7. The predicted molar refractivity (Wildman–Crippen MR) is 111 cm³/mol. The van der Waals surface area contributed by atoms with Crippen molar-refractivity contribution < 1.29 is 0 Å². The van der Waals surface area contributed by atoms with Gasteiger partial charge in [0.15, 0.2) is 0 Å². The lowest BCUT2D eigenvalue weighted by molar-refractivity contribution is 0.333. The summed E-state index contributed by atoms with van der Waals surface area (Å²) in [7, 11) is 0. The number of aromatic nitrogens is 1. The second kappa shape index (κ2) is 7.19. The van der Waals surface area contributed by atoms with Crippen molar-refractivity contribution in [3.8, 4) is 0 Å². The Morgan fingerprint density at radius 1 is 1.08 bits per heavy atom. The van der Waals surface area contributed by atoms with Crippen LogP contribution in [0, 0.1) is 5.92 Å². The van der Waals surface area contributed by atoms with Gasteiger partial charge in [-0.25, -0.2) is 0 Å². The van der Waals surface area contributed by atoms with Crippen molar-refractivity contribution in [3.05, 3.63) is 53.4 Å². The van der Waals surface area contributed by atoms with Crippen LogP contribution in [0.3, 0.4) is 0 Å². The summed E-state index contributed by atoms with van der Waals surface area (Å²) < 4.78 is 2.43. The van der Waals surface area contributed by atoms with Gasteiger partial charge in [0.1, 0.15) is 0 Å². The molecule has 0 unspecified atom stereocenters. The van der Waals surface area contributed by atoms with E-state index in [-0.39, 0.29) is 5.84 Å². The van der Waals surface area contributed by atoms with Crippen molar-refractivity contribution in [1.82, 2.24) is 4.57 Å².